The maximum Gasteiger partial charge on any atom is 0.194 e. The van der Waals surface area contributed by atoms with Crippen LogP contribution >= 0.6 is 0 Å². The molecule has 0 fully saturated rings. The Hall–Kier alpha value is -3.48. The molecule has 0 saturated carbocycles. The minimum absolute atomic E-state index is 0. The molecule has 2 aliphatic rings. The Morgan fingerprint density at radius 1 is 1.00 bits per heavy atom. The topological polar surface area (TPSA) is 65.7 Å². The van der Waals surface area contributed by atoms with E-state index in [4.69, 9.17) is 14.4 Å². The van der Waals surface area contributed by atoms with Crippen LogP contribution in [-0.4, -0.2) is 29.8 Å². The summed E-state index contributed by atoms with van der Waals surface area (Å²) in [5.74, 6) is 0.704. The van der Waals surface area contributed by atoms with Gasteiger partial charge in [0.25, 0.3) is 0 Å². The van der Waals surface area contributed by atoms with Crippen LogP contribution in [0.25, 0.3) is 33.3 Å². The summed E-state index contributed by atoms with van der Waals surface area (Å²) in [6.45, 7) is 6.78. The molecule has 2 aromatic carbocycles. The van der Waals surface area contributed by atoms with E-state index in [1.54, 1.807) is 0 Å². The molecule has 0 amide bonds. The van der Waals surface area contributed by atoms with Gasteiger partial charge in [-0.3, -0.25) is 0 Å². The molecular weight excluding hydrogens is 448 g/mol. The van der Waals surface area contributed by atoms with Gasteiger partial charge in [0.15, 0.2) is 30.3 Å². The van der Waals surface area contributed by atoms with E-state index in [0.29, 0.717) is 12.3 Å². The molecule has 7 heteroatoms. The van der Waals surface area contributed by atoms with Gasteiger partial charge >= 0.3 is 0 Å². The van der Waals surface area contributed by atoms with Gasteiger partial charge in [-0.05, 0) is 32.0 Å². The summed E-state index contributed by atoms with van der Waals surface area (Å²) in [5.41, 5.74) is 4.36. The zero-order chi connectivity index (χ0) is 22.8. The van der Waals surface area contributed by atoms with Crippen LogP contribution in [0.4, 0.5) is 11.4 Å². The van der Waals surface area contributed by atoms with E-state index >= 15 is 0 Å². The number of hydrogen-bond donors (Lipinski definition) is 1. The Balaban J connectivity index is 0.00000274. The van der Waals surface area contributed by atoms with Gasteiger partial charge in [0.1, 0.15) is 23.5 Å². The second kappa shape index (κ2) is 10.2. The molecule has 0 spiro atoms. The Morgan fingerprint density at radius 3 is 2.56 bits per heavy atom. The molecule has 0 atom stereocenters. The van der Waals surface area contributed by atoms with E-state index in [1.165, 1.54) is 0 Å². The van der Waals surface area contributed by atoms with Crippen molar-refractivity contribution in [1.82, 2.24) is 4.98 Å². The van der Waals surface area contributed by atoms with E-state index < -0.39 is 0 Å². The molecule has 1 aromatic heterocycles. The number of pyridine rings is 1. The molecule has 34 heavy (non-hydrogen) atoms. The van der Waals surface area contributed by atoms with Gasteiger partial charge in [0.2, 0.25) is 0 Å². The van der Waals surface area contributed by atoms with E-state index in [1.807, 2.05) is 53.4 Å². The normalized spacial score (nSPS) is 11.8. The lowest BCUT2D eigenvalue weighted by molar-refractivity contribution is -0.697. The summed E-state index contributed by atoms with van der Waals surface area (Å²) in [6, 6.07) is 20.2. The van der Waals surface area contributed by atoms with Crippen molar-refractivity contribution in [2.75, 3.05) is 24.6 Å². The molecule has 0 unspecified atom stereocenters. The number of fused-ring (bicyclic) bond motifs is 4. The standard InChI is InChI=1S/C27H27N4O2.ClH/c1-3-31(4-2)20-11-12-23-25(16-20)33-26-17-24(21-9-5-6-10-22(21)27(26)29-23)28-19-8-7-13-30(18-19)14-15-32;/h5-13,16-18,32H,3-4,14-15H2,1-2H3;1H/q+1;/p-1. The number of nitrogens with zero attached hydrogens (tertiary/aromatic N) is 4. The number of aliphatic hydroxyl groups is 1. The average molecular weight is 475 g/mol. The molecule has 0 saturated heterocycles. The molecule has 0 radical (unpaired) electrons. The SMILES string of the molecule is CCN(CC)c1ccc2nc3c4ccccc4c(=Nc4ccc[n+](CCO)c4)cc-3oc2c1.[Cl-]. The summed E-state index contributed by atoms with van der Waals surface area (Å²) in [7, 11) is 0. The highest BCUT2D eigenvalue weighted by Crippen LogP contribution is 2.31. The molecule has 3 aromatic rings. The summed E-state index contributed by atoms with van der Waals surface area (Å²) < 4.78 is 8.31. The first kappa shape index (κ1) is 23.7. The Labute approximate surface area is 204 Å². The number of benzene rings is 3. The van der Waals surface area contributed by atoms with Gasteiger partial charge in [0, 0.05) is 47.7 Å². The second-order valence-electron chi connectivity index (χ2n) is 7.96. The van der Waals surface area contributed by atoms with Crippen LogP contribution in [0.15, 0.2) is 82.5 Å². The predicted octanol–water partition coefficient (Wildman–Crippen LogP) is 1.45. The molecule has 5 rings (SSSR count). The molecular formula is C27H27ClN4O2. The van der Waals surface area contributed by atoms with Gasteiger partial charge in [-0.15, -0.1) is 0 Å². The van der Waals surface area contributed by atoms with Crippen molar-refractivity contribution in [3.8, 4) is 11.5 Å². The highest BCUT2D eigenvalue weighted by atomic mass is 35.5. The lowest BCUT2D eigenvalue weighted by Gasteiger charge is -2.21. The van der Waals surface area contributed by atoms with Crippen LogP contribution < -0.4 is 27.2 Å². The fourth-order valence-corrected chi connectivity index (χ4v) is 4.27. The third-order valence-electron chi connectivity index (χ3n) is 5.93. The zero-order valence-corrected chi connectivity index (χ0v) is 20.0. The summed E-state index contributed by atoms with van der Waals surface area (Å²) >= 11 is 0. The van der Waals surface area contributed by atoms with Crippen LogP contribution in [0, 0.1) is 0 Å². The van der Waals surface area contributed by atoms with Crippen LogP contribution in [-0.2, 0) is 6.54 Å². The molecule has 1 N–H and O–H groups in total. The van der Waals surface area contributed by atoms with Crippen molar-refractivity contribution in [2.45, 2.75) is 20.4 Å². The summed E-state index contributed by atoms with van der Waals surface area (Å²) in [5, 5.41) is 12.1. The van der Waals surface area contributed by atoms with Crippen molar-refractivity contribution >= 4 is 33.2 Å². The lowest BCUT2D eigenvalue weighted by atomic mass is 10.0. The first-order valence-corrected chi connectivity index (χ1v) is 11.4. The second-order valence-corrected chi connectivity index (χ2v) is 7.96. The van der Waals surface area contributed by atoms with Crippen molar-refractivity contribution in [1.29, 1.82) is 0 Å². The molecule has 1 aliphatic carbocycles. The fourth-order valence-electron chi connectivity index (χ4n) is 4.27. The summed E-state index contributed by atoms with van der Waals surface area (Å²) in [4.78, 5) is 12.2. The maximum absolute atomic E-state index is 9.26. The predicted molar refractivity (Wildman–Crippen MR) is 131 cm³/mol. The van der Waals surface area contributed by atoms with Crippen molar-refractivity contribution in [3.05, 3.63) is 78.4 Å². The van der Waals surface area contributed by atoms with Crippen molar-refractivity contribution < 1.29 is 26.5 Å². The Kier molecular flexibility index (Phi) is 7.10. The number of rotatable bonds is 6. The highest BCUT2D eigenvalue weighted by molar-refractivity contribution is 5.96. The number of aliphatic hydroxyl groups excluding tert-OH is 1. The first-order valence-electron chi connectivity index (χ1n) is 11.4. The third-order valence-corrected chi connectivity index (χ3v) is 5.93. The van der Waals surface area contributed by atoms with E-state index in [2.05, 4.69) is 43.0 Å². The third kappa shape index (κ3) is 4.47. The van der Waals surface area contributed by atoms with Gasteiger partial charge in [-0.1, -0.05) is 24.3 Å². The molecule has 6 nitrogen and oxygen atoms in total. The Bertz CT molecular complexity index is 1480. The minimum atomic E-state index is 0. The largest absolute Gasteiger partial charge is 1.00 e. The fraction of sp³-hybridized carbons (Fsp3) is 0.222. The highest BCUT2D eigenvalue weighted by Gasteiger charge is 2.16. The van der Waals surface area contributed by atoms with Crippen LogP contribution in [0.2, 0.25) is 0 Å². The first-order chi connectivity index (χ1) is 16.2. The smallest absolute Gasteiger partial charge is 0.194 e. The minimum Gasteiger partial charge on any atom is -1.00 e. The molecule has 2 heterocycles. The average Bonchev–Trinajstić information content (AvgIpc) is 2.84. The van der Waals surface area contributed by atoms with Gasteiger partial charge in [-0.2, -0.15) is 0 Å². The van der Waals surface area contributed by atoms with Gasteiger partial charge < -0.3 is 26.8 Å². The van der Waals surface area contributed by atoms with Gasteiger partial charge in [0.05, 0.1) is 5.36 Å². The van der Waals surface area contributed by atoms with E-state index in [-0.39, 0.29) is 19.0 Å². The van der Waals surface area contributed by atoms with Crippen molar-refractivity contribution in [2.24, 2.45) is 4.99 Å². The quantitative estimate of drug-likeness (QED) is 0.230. The van der Waals surface area contributed by atoms with Crippen LogP contribution in [0.5, 0.6) is 0 Å². The molecule has 1 aliphatic heterocycles. The Morgan fingerprint density at radius 2 is 1.79 bits per heavy atom. The number of anilines is 1. The molecule has 0 bridgehead atoms. The molecule has 174 valence electrons. The monoisotopic (exact) mass is 474 g/mol. The van der Waals surface area contributed by atoms with E-state index in [0.717, 1.165) is 57.4 Å². The van der Waals surface area contributed by atoms with Crippen molar-refractivity contribution in [3.63, 3.8) is 0 Å². The zero-order valence-electron chi connectivity index (χ0n) is 19.3. The van der Waals surface area contributed by atoms with Gasteiger partial charge in [-0.25, -0.2) is 14.5 Å². The van der Waals surface area contributed by atoms with Crippen LogP contribution in [0.3, 0.4) is 0 Å². The lowest BCUT2D eigenvalue weighted by Crippen LogP contribution is -3.00. The summed E-state index contributed by atoms with van der Waals surface area (Å²) in [6.07, 6.45) is 3.86. The number of hydrogen-bond acceptors (Lipinski definition) is 5. The number of halogens is 1. The maximum atomic E-state index is 9.26. The van der Waals surface area contributed by atoms with E-state index in [9.17, 15) is 5.11 Å². The number of aromatic nitrogens is 2. The van der Waals surface area contributed by atoms with Crippen LogP contribution in [0.1, 0.15) is 13.8 Å².